The van der Waals surface area contributed by atoms with Crippen LogP contribution in [0, 0.1) is 0 Å². The summed E-state index contributed by atoms with van der Waals surface area (Å²) in [5.41, 5.74) is 5.28. The van der Waals surface area contributed by atoms with Crippen LogP contribution in [0.2, 0.25) is 0 Å². The molecule has 0 atom stereocenters. The first-order valence-electron chi connectivity index (χ1n) is 11.2. The molecule has 156 valence electrons. The zero-order valence-corrected chi connectivity index (χ0v) is 17.9. The normalized spacial score (nSPS) is 11.2. The van der Waals surface area contributed by atoms with Crippen LogP contribution in [0.5, 0.6) is 0 Å². The van der Waals surface area contributed by atoms with Crippen LogP contribution in [0.3, 0.4) is 0 Å². The number of ether oxygens (including phenoxy) is 1. The number of benzene rings is 4. The topological polar surface area (TPSA) is 9.23 Å². The van der Waals surface area contributed by atoms with E-state index in [1.807, 2.05) is 0 Å². The average Bonchev–Trinajstić information content (AvgIpc) is 2.82. The second-order valence-corrected chi connectivity index (χ2v) is 8.14. The van der Waals surface area contributed by atoms with Crippen molar-refractivity contribution >= 4 is 0 Å². The van der Waals surface area contributed by atoms with Gasteiger partial charge in [-0.25, -0.2) is 0 Å². The maximum atomic E-state index is 6.87. The van der Waals surface area contributed by atoms with Gasteiger partial charge in [-0.3, -0.25) is 0 Å². The lowest BCUT2D eigenvalue weighted by Crippen LogP contribution is -2.29. The number of hydrogen-bond donors (Lipinski definition) is 0. The molecule has 0 aromatic heterocycles. The van der Waals surface area contributed by atoms with Crippen molar-refractivity contribution in [3.05, 3.63) is 144 Å². The van der Waals surface area contributed by atoms with Crippen LogP contribution >= 0.6 is 0 Å². The summed E-state index contributed by atoms with van der Waals surface area (Å²) in [5.74, 6) is 0. The van der Waals surface area contributed by atoms with Crippen molar-refractivity contribution in [2.45, 2.75) is 37.9 Å². The summed E-state index contributed by atoms with van der Waals surface area (Å²) in [6.07, 6.45) is 3.90. The molecule has 0 radical (unpaired) electrons. The molecule has 4 aromatic carbocycles. The molecule has 0 N–H and O–H groups in total. The van der Waals surface area contributed by atoms with E-state index in [2.05, 4.69) is 121 Å². The fraction of sp³-hybridized carbons (Fsp3) is 0.200. The number of hydrogen-bond acceptors (Lipinski definition) is 1. The van der Waals surface area contributed by atoms with E-state index in [4.69, 9.17) is 4.74 Å². The van der Waals surface area contributed by atoms with E-state index in [0.29, 0.717) is 0 Å². The van der Waals surface area contributed by atoms with Crippen molar-refractivity contribution in [3.8, 4) is 0 Å². The van der Waals surface area contributed by atoms with Gasteiger partial charge < -0.3 is 4.74 Å². The molecular weight excluding hydrogens is 376 g/mol. The lowest BCUT2D eigenvalue weighted by molar-refractivity contribution is -0.0105. The molecule has 4 rings (SSSR count). The Bertz CT molecular complexity index is 829. The van der Waals surface area contributed by atoms with Crippen molar-refractivity contribution < 1.29 is 4.74 Å². The van der Waals surface area contributed by atoms with Gasteiger partial charge in [-0.05, 0) is 47.9 Å². The summed E-state index contributed by atoms with van der Waals surface area (Å²) in [7, 11) is 0. The Hall–Kier alpha value is -3.16. The van der Waals surface area contributed by atoms with Gasteiger partial charge >= 0.3 is 0 Å². The summed E-state index contributed by atoms with van der Waals surface area (Å²) >= 11 is 0. The molecule has 0 fully saturated rings. The van der Waals surface area contributed by atoms with E-state index in [-0.39, 0.29) is 12.2 Å². The lowest BCUT2D eigenvalue weighted by Gasteiger charge is -2.26. The minimum atomic E-state index is 0.127. The summed E-state index contributed by atoms with van der Waals surface area (Å²) in [6.45, 7) is 0. The minimum Gasteiger partial charge on any atom is -0.374 e. The van der Waals surface area contributed by atoms with Crippen LogP contribution in [-0.4, -0.2) is 12.2 Å². The Labute approximate surface area is 186 Å². The maximum Gasteiger partial charge on any atom is 0.0659 e. The van der Waals surface area contributed by atoms with Crippen LogP contribution in [0.15, 0.2) is 121 Å². The van der Waals surface area contributed by atoms with Gasteiger partial charge in [0.15, 0.2) is 0 Å². The number of rotatable bonds is 10. The third-order valence-electron chi connectivity index (χ3n) is 5.61. The second kappa shape index (κ2) is 11.3. The molecule has 0 spiro atoms. The van der Waals surface area contributed by atoms with Crippen molar-refractivity contribution in [3.63, 3.8) is 0 Å². The first-order chi connectivity index (χ1) is 15.3. The monoisotopic (exact) mass is 406 g/mol. The summed E-state index contributed by atoms with van der Waals surface area (Å²) in [6, 6.07) is 42.8. The van der Waals surface area contributed by atoms with Gasteiger partial charge in [-0.2, -0.15) is 0 Å². The molecule has 0 aliphatic carbocycles. The molecule has 0 bridgehead atoms. The van der Waals surface area contributed by atoms with Crippen LogP contribution < -0.4 is 0 Å². The highest BCUT2D eigenvalue weighted by molar-refractivity contribution is 5.21. The highest BCUT2D eigenvalue weighted by atomic mass is 16.5. The Morgan fingerprint density at radius 1 is 0.355 bits per heavy atom. The first-order valence-corrected chi connectivity index (χ1v) is 11.2. The van der Waals surface area contributed by atoms with Crippen LogP contribution in [0.25, 0.3) is 0 Å². The molecule has 31 heavy (non-hydrogen) atoms. The molecule has 0 heterocycles. The van der Waals surface area contributed by atoms with E-state index in [0.717, 1.165) is 25.7 Å². The predicted octanol–water partition coefficient (Wildman–Crippen LogP) is 6.71. The van der Waals surface area contributed by atoms with Crippen molar-refractivity contribution in [1.82, 2.24) is 0 Å². The SMILES string of the molecule is c1ccc(CC(Cc2ccccc2)OC(Cc2ccccc2)Cc2ccccc2)cc1. The van der Waals surface area contributed by atoms with Crippen LogP contribution in [0.4, 0.5) is 0 Å². The lowest BCUT2D eigenvalue weighted by atomic mass is 9.98. The smallest absolute Gasteiger partial charge is 0.0659 e. The molecule has 0 unspecified atom stereocenters. The van der Waals surface area contributed by atoms with Crippen LogP contribution in [-0.2, 0) is 30.4 Å². The molecular formula is C30H30O. The predicted molar refractivity (Wildman–Crippen MR) is 129 cm³/mol. The molecule has 0 amide bonds. The molecule has 1 heteroatoms. The fourth-order valence-corrected chi connectivity index (χ4v) is 4.12. The molecule has 0 aliphatic heterocycles. The molecule has 0 saturated carbocycles. The van der Waals surface area contributed by atoms with Crippen molar-refractivity contribution in [2.75, 3.05) is 0 Å². The van der Waals surface area contributed by atoms with Crippen molar-refractivity contribution in [2.24, 2.45) is 0 Å². The van der Waals surface area contributed by atoms with Gasteiger partial charge in [0.2, 0.25) is 0 Å². The highest BCUT2D eigenvalue weighted by Crippen LogP contribution is 2.19. The largest absolute Gasteiger partial charge is 0.374 e. The zero-order valence-electron chi connectivity index (χ0n) is 17.9. The van der Waals surface area contributed by atoms with Gasteiger partial charge in [0.25, 0.3) is 0 Å². The average molecular weight is 407 g/mol. The van der Waals surface area contributed by atoms with Gasteiger partial charge in [0.05, 0.1) is 12.2 Å². The van der Waals surface area contributed by atoms with Crippen LogP contribution in [0.1, 0.15) is 22.3 Å². The first kappa shape index (κ1) is 21.1. The quantitative estimate of drug-likeness (QED) is 0.284. The standard InChI is InChI=1S/C30H30O/c1-5-13-25(14-6-1)21-29(22-26-15-7-2-8-16-26)31-30(23-27-17-9-3-10-18-27)24-28-19-11-4-12-20-28/h1-20,29-30H,21-24H2. The van der Waals surface area contributed by atoms with Gasteiger partial charge in [0.1, 0.15) is 0 Å². The highest BCUT2D eigenvalue weighted by Gasteiger charge is 2.19. The molecule has 4 aromatic rings. The Morgan fingerprint density at radius 2 is 0.581 bits per heavy atom. The zero-order chi connectivity index (χ0) is 21.1. The summed E-state index contributed by atoms with van der Waals surface area (Å²) < 4.78 is 6.87. The van der Waals surface area contributed by atoms with E-state index < -0.39 is 0 Å². The Morgan fingerprint density at radius 3 is 0.806 bits per heavy atom. The molecule has 1 nitrogen and oxygen atoms in total. The van der Waals surface area contributed by atoms with E-state index in [1.54, 1.807) is 0 Å². The minimum absolute atomic E-state index is 0.127. The van der Waals surface area contributed by atoms with Gasteiger partial charge in [-0.1, -0.05) is 121 Å². The summed E-state index contributed by atoms with van der Waals surface area (Å²) in [5, 5.41) is 0. The van der Waals surface area contributed by atoms with Gasteiger partial charge in [0, 0.05) is 0 Å². The fourth-order valence-electron chi connectivity index (χ4n) is 4.12. The Kier molecular flexibility index (Phi) is 7.68. The maximum absolute atomic E-state index is 6.87. The third-order valence-corrected chi connectivity index (χ3v) is 5.61. The second-order valence-electron chi connectivity index (χ2n) is 8.14. The molecule has 0 aliphatic rings. The van der Waals surface area contributed by atoms with E-state index in [9.17, 15) is 0 Å². The van der Waals surface area contributed by atoms with E-state index >= 15 is 0 Å². The Balaban J connectivity index is 1.55. The molecule has 0 saturated heterocycles. The van der Waals surface area contributed by atoms with Gasteiger partial charge in [-0.15, -0.1) is 0 Å². The third kappa shape index (κ3) is 6.94. The van der Waals surface area contributed by atoms with E-state index in [1.165, 1.54) is 22.3 Å². The van der Waals surface area contributed by atoms with Crippen molar-refractivity contribution in [1.29, 1.82) is 0 Å². The summed E-state index contributed by atoms with van der Waals surface area (Å²) in [4.78, 5) is 0.